The molecule has 0 aliphatic carbocycles. The predicted molar refractivity (Wildman–Crippen MR) is 135 cm³/mol. The van der Waals surface area contributed by atoms with Crippen molar-refractivity contribution in [3.8, 4) is 11.5 Å². The minimum atomic E-state index is -0.382. The molecule has 3 heterocycles. The van der Waals surface area contributed by atoms with E-state index in [1.165, 1.54) is 11.5 Å². The van der Waals surface area contributed by atoms with Crippen LogP contribution in [-0.2, 0) is 6.54 Å². The van der Waals surface area contributed by atoms with Crippen LogP contribution in [0.1, 0.15) is 21.6 Å². The molecule has 176 valence electrons. The first-order valence-corrected chi connectivity index (χ1v) is 11.1. The number of pyridine rings is 1. The van der Waals surface area contributed by atoms with Gasteiger partial charge in [0.2, 0.25) is 0 Å². The molecule has 2 aromatic carbocycles. The van der Waals surface area contributed by atoms with Crippen molar-refractivity contribution in [3.05, 3.63) is 100 Å². The molecule has 5 aromatic rings. The number of aromatic nitrogens is 3. The number of rotatable bonds is 6. The van der Waals surface area contributed by atoms with Crippen molar-refractivity contribution in [2.24, 2.45) is 0 Å². The summed E-state index contributed by atoms with van der Waals surface area (Å²) in [5.74, 6) is 0.688. The number of anilines is 1. The number of benzene rings is 2. The number of aryl methyl sites for hydroxylation is 1. The lowest BCUT2D eigenvalue weighted by Crippen LogP contribution is -2.18. The minimum Gasteiger partial charge on any atom is -0.497 e. The van der Waals surface area contributed by atoms with Crippen LogP contribution < -0.4 is 20.3 Å². The van der Waals surface area contributed by atoms with Crippen molar-refractivity contribution in [2.75, 3.05) is 19.5 Å². The van der Waals surface area contributed by atoms with Gasteiger partial charge in [-0.1, -0.05) is 36.4 Å². The largest absolute Gasteiger partial charge is 0.497 e. The van der Waals surface area contributed by atoms with Gasteiger partial charge in [0.05, 0.1) is 25.3 Å². The first-order valence-electron chi connectivity index (χ1n) is 11.1. The number of carbonyl (C=O) groups excluding carboxylic acids is 1. The van der Waals surface area contributed by atoms with Crippen molar-refractivity contribution >= 4 is 28.3 Å². The van der Waals surface area contributed by atoms with Gasteiger partial charge in [-0.05, 0) is 42.3 Å². The molecule has 1 amide bonds. The van der Waals surface area contributed by atoms with Crippen LogP contribution in [0.5, 0.6) is 11.5 Å². The predicted octanol–water partition coefficient (Wildman–Crippen LogP) is 4.28. The number of amides is 1. The molecule has 1 N–H and O–H groups in total. The standard InChI is InChI=1S/C27H24N4O4/c1-17-8-7-13-30-24(17)29-25-20(27(30)33)15-22(31(25)16-18-9-5-4-6-10-18)26(32)28-21-12-11-19(34-2)14-23(21)35-3/h4-15H,16H2,1-3H3,(H,28,32). The fourth-order valence-corrected chi connectivity index (χ4v) is 4.16. The molecule has 0 saturated carbocycles. The Kier molecular flexibility index (Phi) is 5.70. The van der Waals surface area contributed by atoms with Crippen molar-refractivity contribution in [3.63, 3.8) is 0 Å². The molecule has 0 atom stereocenters. The van der Waals surface area contributed by atoms with Crippen LogP contribution in [0.4, 0.5) is 5.69 Å². The second kappa shape index (κ2) is 8.98. The third-order valence-electron chi connectivity index (χ3n) is 5.96. The highest BCUT2D eigenvalue weighted by molar-refractivity contribution is 6.06. The summed E-state index contributed by atoms with van der Waals surface area (Å²) in [6, 6.07) is 20.2. The molecule has 8 heteroatoms. The van der Waals surface area contributed by atoms with Gasteiger partial charge in [0.1, 0.15) is 28.5 Å². The Hall–Kier alpha value is -4.59. The number of methoxy groups -OCH3 is 2. The molecule has 0 radical (unpaired) electrons. The summed E-state index contributed by atoms with van der Waals surface area (Å²) in [5.41, 5.74) is 3.44. The smallest absolute Gasteiger partial charge is 0.272 e. The van der Waals surface area contributed by atoms with Crippen LogP contribution in [0.25, 0.3) is 16.7 Å². The number of hydrogen-bond donors (Lipinski definition) is 1. The van der Waals surface area contributed by atoms with Gasteiger partial charge in [0.25, 0.3) is 11.5 Å². The van der Waals surface area contributed by atoms with E-state index in [9.17, 15) is 9.59 Å². The van der Waals surface area contributed by atoms with Gasteiger partial charge in [-0.2, -0.15) is 0 Å². The Bertz CT molecular complexity index is 1620. The van der Waals surface area contributed by atoms with E-state index in [2.05, 4.69) is 5.32 Å². The van der Waals surface area contributed by atoms with Gasteiger partial charge in [0, 0.05) is 18.8 Å². The average molecular weight is 469 g/mol. The number of carbonyl (C=O) groups is 1. The van der Waals surface area contributed by atoms with E-state index < -0.39 is 0 Å². The monoisotopic (exact) mass is 468 g/mol. The molecular formula is C27H24N4O4. The molecular weight excluding hydrogens is 444 g/mol. The quantitative estimate of drug-likeness (QED) is 0.402. The maximum atomic E-state index is 13.5. The highest BCUT2D eigenvalue weighted by atomic mass is 16.5. The van der Waals surface area contributed by atoms with Crippen LogP contribution >= 0.6 is 0 Å². The number of nitrogens with one attached hydrogen (secondary N) is 1. The van der Waals surface area contributed by atoms with Crippen molar-refractivity contribution in [1.82, 2.24) is 14.0 Å². The minimum absolute atomic E-state index is 0.225. The Balaban J connectivity index is 1.68. The van der Waals surface area contributed by atoms with E-state index >= 15 is 0 Å². The van der Waals surface area contributed by atoms with Crippen molar-refractivity contribution < 1.29 is 14.3 Å². The second-order valence-corrected chi connectivity index (χ2v) is 8.16. The van der Waals surface area contributed by atoms with E-state index in [-0.39, 0.29) is 11.5 Å². The summed E-state index contributed by atoms with van der Waals surface area (Å²) in [5, 5.41) is 3.28. The molecule has 0 spiro atoms. The van der Waals surface area contributed by atoms with Gasteiger partial charge in [0.15, 0.2) is 0 Å². The van der Waals surface area contributed by atoms with E-state index in [0.717, 1.165) is 11.1 Å². The Morgan fingerprint density at radius 2 is 1.77 bits per heavy atom. The lowest BCUT2D eigenvalue weighted by atomic mass is 10.2. The molecule has 0 aliphatic rings. The molecule has 8 nitrogen and oxygen atoms in total. The topological polar surface area (TPSA) is 86.9 Å². The third-order valence-corrected chi connectivity index (χ3v) is 5.96. The number of fused-ring (bicyclic) bond motifs is 2. The maximum absolute atomic E-state index is 13.5. The molecule has 0 unspecified atom stereocenters. The molecule has 3 aromatic heterocycles. The van der Waals surface area contributed by atoms with Crippen molar-refractivity contribution in [1.29, 1.82) is 0 Å². The first kappa shape index (κ1) is 22.2. The summed E-state index contributed by atoms with van der Waals surface area (Å²) in [6.07, 6.45) is 1.69. The number of nitrogens with zero attached hydrogens (tertiary/aromatic N) is 3. The zero-order chi connectivity index (χ0) is 24.5. The van der Waals surface area contributed by atoms with E-state index in [1.54, 1.807) is 42.1 Å². The summed E-state index contributed by atoms with van der Waals surface area (Å²) in [4.78, 5) is 31.7. The maximum Gasteiger partial charge on any atom is 0.272 e. The van der Waals surface area contributed by atoms with Crippen LogP contribution in [0.15, 0.2) is 77.7 Å². The van der Waals surface area contributed by atoms with Gasteiger partial charge >= 0.3 is 0 Å². The normalized spacial score (nSPS) is 11.1. The first-order chi connectivity index (χ1) is 17.0. The highest BCUT2D eigenvalue weighted by Crippen LogP contribution is 2.30. The van der Waals surface area contributed by atoms with Gasteiger partial charge in [-0.15, -0.1) is 0 Å². The van der Waals surface area contributed by atoms with Gasteiger partial charge in [-0.3, -0.25) is 14.0 Å². The van der Waals surface area contributed by atoms with E-state index in [4.69, 9.17) is 14.5 Å². The molecule has 5 rings (SSSR count). The lowest BCUT2D eigenvalue weighted by Gasteiger charge is -2.14. The summed E-state index contributed by atoms with van der Waals surface area (Å²) in [6.45, 7) is 2.28. The lowest BCUT2D eigenvalue weighted by molar-refractivity contribution is 0.101. The SMILES string of the molecule is COc1ccc(NC(=O)c2cc3c(=O)n4cccc(C)c4nc3n2Cc2ccccc2)c(OC)c1. The average Bonchev–Trinajstić information content (AvgIpc) is 3.24. The zero-order valence-corrected chi connectivity index (χ0v) is 19.6. The Morgan fingerprint density at radius 1 is 0.971 bits per heavy atom. The van der Waals surface area contributed by atoms with Gasteiger partial charge < -0.3 is 19.4 Å². The van der Waals surface area contributed by atoms with Crippen LogP contribution in [0, 0.1) is 6.92 Å². The number of ether oxygens (including phenoxy) is 2. The molecule has 0 bridgehead atoms. The van der Waals surface area contributed by atoms with E-state index in [1.807, 2.05) is 49.4 Å². The van der Waals surface area contributed by atoms with Gasteiger partial charge in [-0.25, -0.2) is 4.98 Å². The van der Waals surface area contributed by atoms with Crippen molar-refractivity contribution in [2.45, 2.75) is 13.5 Å². The molecule has 0 saturated heterocycles. The fraction of sp³-hybridized carbons (Fsp3) is 0.148. The fourth-order valence-electron chi connectivity index (χ4n) is 4.16. The van der Waals surface area contributed by atoms with Crippen LogP contribution in [0.2, 0.25) is 0 Å². The molecule has 35 heavy (non-hydrogen) atoms. The second-order valence-electron chi connectivity index (χ2n) is 8.16. The molecule has 0 fully saturated rings. The van der Waals surface area contributed by atoms with Crippen LogP contribution in [-0.4, -0.2) is 34.1 Å². The Labute approximate surface area is 201 Å². The summed E-state index contributed by atoms with van der Waals surface area (Å²) in [7, 11) is 3.09. The Morgan fingerprint density at radius 3 is 2.51 bits per heavy atom. The molecule has 0 aliphatic heterocycles. The number of hydrogen-bond acceptors (Lipinski definition) is 5. The third kappa shape index (κ3) is 3.99. The zero-order valence-electron chi connectivity index (χ0n) is 19.6. The van der Waals surface area contributed by atoms with Crippen LogP contribution in [0.3, 0.4) is 0 Å². The van der Waals surface area contributed by atoms with E-state index in [0.29, 0.717) is 46.1 Å². The summed E-state index contributed by atoms with van der Waals surface area (Å²) >= 11 is 0. The summed E-state index contributed by atoms with van der Waals surface area (Å²) < 4.78 is 14.0. The highest BCUT2D eigenvalue weighted by Gasteiger charge is 2.21.